The minimum atomic E-state index is -0.820. The van der Waals surface area contributed by atoms with Crippen LogP contribution in [0.4, 0.5) is 18.9 Å². The van der Waals surface area contributed by atoms with E-state index in [1.54, 1.807) is 17.5 Å². The van der Waals surface area contributed by atoms with Gasteiger partial charge in [0.05, 0.1) is 23.5 Å². The first-order chi connectivity index (χ1) is 12.9. The number of amidine groups is 1. The Morgan fingerprint density at radius 3 is 2.44 bits per heavy atom. The van der Waals surface area contributed by atoms with Crippen LogP contribution < -0.4 is 4.90 Å². The van der Waals surface area contributed by atoms with E-state index in [9.17, 15) is 18.3 Å². The fourth-order valence-electron chi connectivity index (χ4n) is 2.85. The third kappa shape index (κ3) is 3.08. The molecule has 0 radical (unpaired) electrons. The van der Waals surface area contributed by atoms with Crippen molar-refractivity contribution >= 4 is 28.4 Å². The van der Waals surface area contributed by atoms with Gasteiger partial charge in [0.1, 0.15) is 34.1 Å². The van der Waals surface area contributed by atoms with E-state index in [0.29, 0.717) is 16.3 Å². The lowest BCUT2D eigenvalue weighted by Gasteiger charge is -2.19. The predicted molar refractivity (Wildman–Crippen MR) is 98.5 cm³/mol. The summed E-state index contributed by atoms with van der Waals surface area (Å²) in [6, 6.07) is 8.86. The van der Waals surface area contributed by atoms with Crippen molar-refractivity contribution in [2.75, 3.05) is 11.4 Å². The number of anilines is 1. The molecule has 1 aliphatic heterocycles. The molecule has 0 bridgehead atoms. The van der Waals surface area contributed by atoms with Crippen LogP contribution in [0.1, 0.15) is 5.01 Å². The Kier molecular flexibility index (Phi) is 4.19. The summed E-state index contributed by atoms with van der Waals surface area (Å²) in [7, 11) is 0. The van der Waals surface area contributed by atoms with Crippen LogP contribution in [0.3, 0.4) is 0 Å². The van der Waals surface area contributed by atoms with Crippen molar-refractivity contribution in [2.45, 2.75) is 0 Å². The fraction of sp³-hybridized carbons (Fsp3) is 0.0526. The topological polar surface area (TPSA) is 60.2 Å². The molecule has 2 heterocycles. The summed E-state index contributed by atoms with van der Waals surface area (Å²) in [5.74, 6) is -2.14. The molecule has 0 spiro atoms. The number of benzene rings is 2. The first-order valence-corrected chi connectivity index (χ1v) is 8.77. The number of hydrogen-bond donors (Lipinski definition) is 2. The van der Waals surface area contributed by atoms with Crippen LogP contribution in [0, 0.1) is 22.9 Å². The number of aliphatic hydroxyl groups excluding tert-OH is 1. The lowest BCUT2D eigenvalue weighted by molar-refractivity contribution is 0.411. The lowest BCUT2D eigenvalue weighted by Crippen LogP contribution is -2.27. The normalized spacial score (nSPS) is 14.3. The highest BCUT2D eigenvalue weighted by Crippen LogP contribution is 2.35. The molecule has 0 atom stereocenters. The van der Waals surface area contributed by atoms with Crippen molar-refractivity contribution in [1.82, 2.24) is 4.98 Å². The van der Waals surface area contributed by atoms with Gasteiger partial charge in [0.15, 0.2) is 0 Å². The number of halogens is 3. The average molecular weight is 387 g/mol. The van der Waals surface area contributed by atoms with Gasteiger partial charge in [0.25, 0.3) is 0 Å². The molecule has 3 aromatic rings. The molecule has 4 nitrogen and oxygen atoms in total. The van der Waals surface area contributed by atoms with E-state index in [1.807, 2.05) is 0 Å². The van der Waals surface area contributed by atoms with Crippen LogP contribution in [0.25, 0.3) is 16.8 Å². The number of aliphatic hydroxyl groups is 1. The highest BCUT2D eigenvalue weighted by atomic mass is 32.1. The Bertz CT molecular complexity index is 1080. The summed E-state index contributed by atoms with van der Waals surface area (Å²) in [5.41, 5.74) is 1.47. The summed E-state index contributed by atoms with van der Waals surface area (Å²) in [6.07, 6.45) is 0. The maximum absolute atomic E-state index is 14.1. The van der Waals surface area contributed by atoms with Gasteiger partial charge in [-0.1, -0.05) is 0 Å². The number of thiazole rings is 1. The van der Waals surface area contributed by atoms with Crippen molar-refractivity contribution in [1.29, 1.82) is 5.41 Å². The van der Waals surface area contributed by atoms with E-state index >= 15 is 0 Å². The number of nitrogens with one attached hydrogen (secondary N) is 1. The Labute approximate surface area is 156 Å². The quantitative estimate of drug-likeness (QED) is 0.665. The van der Waals surface area contributed by atoms with E-state index in [0.717, 1.165) is 12.1 Å². The van der Waals surface area contributed by atoms with Crippen molar-refractivity contribution < 1.29 is 18.3 Å². The van der Waals surface area contributed by atoms with Gasteiger partial charge in [-0.05, 0) is 36.4 Å². The average Bonchev–Trinajstić information content (AvgIpc) is 3.20. The lowest BCUT2D eigenvalue weighted by atomic mass is 10.2. The van der Waals surface area contributed by atoms with Crippen molar-refractivity contribution in [3.05, 3.63) is 76.1 Å². The molecule has 0 saturated carbocycles. The van der Waals surface area contributed by atoms with Crippen molar-refractivity contribution in [3.8, 4) is 11.3 Å². The maximum Gasteiger partial charge on any atom is 0.149 e. The van der Waals surface area contributed by atoms with Crippen LogP contribution in [0.5, 0.6) is 0 Å². The molecular formula is C19H12F3N3OS. The second-order valence-electron chi connectivity index (χ2n) is 5.90. The molecule has 0 unspecified atom stereocenters. The SMILES string of the molecule is N=C1C(c2nc(-c3ccc(F)cc3)cs2)=C(O)CN1c1ccc(F)cc1F. The van der Waals surface area contributed by atoms with E-state index in [2.05, 4.69) is 4.98 Å². The molecule has 0 saturated heterocycles. The summed E-state index contributed by atoms with van der Waals surface area (Å²) in [4.78, 5) is 5.66. The van der Waals surface area contributed by atoms with Gasteiger partial charge >= 0.3 is 0 Å². The standard InChI is InChI=1S/C19H12F3N3OS/c20-11-3-1-10(2-4-11)14-9-27-19(24-14)17-16(26)8-25(18(17)23)15-6-5-12(21)7-13(15)22/h1-7,9,23,26H,8H2. The van der Waals surface area contributed by atoms with Gasteiger partial charge in [-0.2, -0.15) is 0 Å². The number of rotatable bonds is 3. The molecule has 1 aliphatic rings. The molecule has 27 heavy (non-hydrogen) atoms. The van der Waals surface area contributed by atoms with Gasteiger partial charge in [-0.15, -0.1) is 11.3 Å². The maximum atomic E-state index is 14.1. The molecule has 8 heteroatoms. The van der Waals surface area contributed by atoms with Gasteiger partial charge in [-0.3, -0.25) is 5.41 Å². The smallest absolute Gasteiger partial charge is 0.149 e. The van der Waals surface area contributed by atoms with Gasteiger partial charge in [0, 0.05) is 17.0 Å². The molecule has 136 valence electrons. The largest absolute Gasteiger partial charge is 0.510 e. The van der Waals surface area contributed by atoms with E-state index in [4.69, 9.17) is 5.41 Å². The highest BCUT2D eigenvalue weighted by molar-refractivity contribution is 7.11. The van der Waals surface area contributed by atoms with E-state index < -0.39 is 11.6 Å². The second kappa shape index (κ2) is 6.55. The van der Waals surface area contributed by atoms with Crippen LogP contribution in [0.2, 0.25) is 0 Å². The molecule has 0 fully saturated rings. The number of aromatic nitrogens is 1. The Balaban J connectivity index is 1.65. The molecule has 4 rings (SSSR count). The minimum Gasteiger partial charge on any atom is -0.510 e. The van der Waals surface area contributed by atoms with Crippen LogP contribution in [-0.4, -0.2) is 22.5 Å². The van der Waals surface area contributed by atoms with Crippen LogP contribution >= 0.6 is 11.3 Å². The zero-order valence-corrected chi connectivity index (χ0v) is 14.5. The third-order valence-corrected chi connectivity index (χ3v) is 5.02. The molecule has 1 aromatic heterocycles. The van der Waals surface area contributed by atoms with Gasteiger partial charge in [-0.25, -0.2) is 18.2 Å². The Morgan fingerprint density at radius 1 is 1.04 bits per heavy atom. The van der Waals surface area contributed by atoms with E-state index in [1.165, 1.54) is 34.4 Å². The predicted octanol–water partition coefficient (Wildman–Crippen LogP) is 4.99. The fourth-order valence-corrected chi connectivity index (χ4v) is 3.75. The van der Waals surface area contributed by atoms with Gasteiger partial charge < -0.3 is 10.0 Å². The second-order valence-corrected chi connectivity index (χ2v) is 6.76. The molecule has 0 aliphatic carbocycles. The van der Waals surface area contributed by atoms with Crippen molar-refractivity contribution in [3.63, 3.8) is 0 Å². The molecular weight excluding hydrogens is 375 g/mol. The minimum absolute atomic E-state index is 0.00161. The Morgan fingerprint density at radius 2 is 1.74 bits per heavy atom. The number of hydrogen-bond acceptors (Lipinski definition) is 4. The van der Waals surface area contributed by atoms with Crippen molar-refractivity contribution in [2.24, 2.45) is 0 Å². The molecule has 2 N–H and O–H groups in total. The van der Waals surface area contributed by atoms with Gasteiger partial charge in [0.2, 0.25) is 0 Å². The zero-order valence-electron chi connectivity index (χ0n) is 13.7. The first-order valence-electron chi connectivity index (χ1n) is 7.89. The summed E-state index contributed by atoms with van der Waals surface area (Å²) >= 11 is 1.21. The molecule has 2 aromatic carbocycles. The first kappa shape index (κ1) is 17.3. The zero-order chi connectivity index (χ0) is 19.1. The van der Waals surface area contributed by atoms with Crippen LogP contribution in [0.15, 0.2) is 53.6 Å². The summed E-state index contributed by atoms with van der Waals surface area (Å²) in [5, 5.41) is 20.8. The highest BCUT2D eigenvalue weighted by Gasteiger charge is 2.32. The Hall–Kier alpha value is -3.13. The number of nitrogens with zero attached hydrogens (tertiary/aromatic N) is 2. The van der Waals surface area contributed by atoms with Crippen LogP contribution in [-0.2, 0) is 0 Å². The summed E-state index contributed by atoms with van der Waals surface area (Å²) < 4.78 is 40.3. The van der Waals surface area contributed by atoms with E-state index in [-0.39, 0.29) is 35.2 Å². The third-order valence-electron chi connectivity index (χ3n) is 4.16. The molecule has 0 amide bonds. The monoisotopic (exact) mass is 387 g/mol. The summed E-state index contributed by atoms with van der Waals surface area (Å²) in [6.45, 7) is -0.109.